The second-order valence-electron chi connectivity index (χ2n) is 4.64. The molecule has 0 aliphatic rings. The summed E-state index contributed by atoms with van der Waals surface area (Å²) in [6.07, 6.45) is 0.753. The van der Waals surface area contributed by atoms with Crippen molar-refractivity contribution < 1.29 is 14.3 Å². The van der Waals surface area contributed by atoms with Crippen LogP contribution in [-0.2, 0) is 4.74 Å². The molecule has 1 amide bonds. The van der Waals surface area contributed by atoms with Crippen LogP contribution in [0.15, 0.2) is 36.4 Å². The lowest BCUT2D eigenvalue weighted by Crippen LogP contribution is -2.27. The smallest absolute Gasteiger partial charge is 0.348 e. The van der Waals surface area contributed by atoms with Gasteiger partial charge in [0.15, 0.2) is 0 Å². The molecule has 0 aliphatic carbocycles. The highest BCUT2D eigenvalue weighted by atomic mass is 35.5. The van der Waals surface area contributed by atoms with E-state index in [2.05, 4.69) is 10.1 Å². The fourth-order valence-corrected chi connectivity index (χ4v) is 2.97. The monoisotopic (exact) mass is 337 g/mol. The van der Waals surface area contributed by atoms with Gasteiger partial charge in [-0.05, 0) is 36.2 Å². The van der Waals surface area contributed by atoms with Crippen molar-refractivity contribution in [2.75, 3.05) is 7.11 Å². The molecule has 6 heteroatoms. The van der Waals surface area contributed by atoms with Crippen LogP contribution in [0.3, 0.4) is 0 Å². The first-order valence-electron chi connectivity index (χ1n) is 6.79. The first-order chi connectivity index (χ1) is 10.5. The number of ether oxygens (including phenoxy) is 1. The number of methoxy groups -OCH3 is 1. The van der Waals surface area contributed by atoms with Gasteiger partial charge in [0.2, 0.25) is 0 Å². The molecule has 2 aromatic rings. The van der Waals surface area contributed by atoms with Crippen molar-refractivity contribution in [2.45, 2.75) is 19.4 Å². The van der Waals surface area contributed by atoms with Crippen LogP contribution in [0, 0.1) is 0 Å². The summed E-state index contributed by atoms with van der Waals surface area (Å²) in [7, 11) is 1.31. The van der Waals surface area contributed by atoms with E-state index in [0.29, 0.717) is 14.8 Å². The number of esters is 1. The number of hydrogen-bond acceptors (Lipinski definition) is 4. The summed E-state index contributed by atoms with van der Waals surface area (Å²) in [6, 6.07) is 10.5. The molecule has 22 heavy (non-hydrogen) atoms. The Morgan fingerprint density at radius 1 is 1.18 bits per heavy atom. The van der Waals surface area contributed by atoms with E-state index in [4.69, 9.17) is 11.6 Å². The fourth-order valence-electron chi connectivity index (χ4n) is 2.02. The minimum absolute atomic E-state index is 0.103. The van der Waals surface area contributed by atoms with Gasteiger partial charge in [-0.2, -0.15) is 0 Å². The topological polar surface area (TPSA) is 55.4 Å². The SMILES string of the molecule is CCC(NC(=O)c1ccc(C(=O)OC)s1)c1ccc(Cl)cc1. The lowest BCUT2D eigenvalue weighted by atomic mass is 10.0. The maximum absolute atomic E-state index is 12.3. The first-order valence-corrected chi connectivity index (χ1v) is 7.99. The minimum atomic E-state index is -0.436. The molecular formula is C16H16ClNO3S. The van der Waals surface area contributed by atoms with Gasteiger partial charge < -0.3 is 10.1 Å². The normalized spacial score (nSPS) is 11.8. The Hall–Kier alpha value is -1.85. The van der Waals surface area contributed by atoms with Crippen LogP contribution < -0.4 is 5.32 Å². The van der Waals surface area contributed by atoms with Crippen molar-refractivity contribution in [2.24, 2.45) is 0 Å². The Morgan fingerprint density at radius 3 is 2.41 bits per heavy atom. The third kappa shape index (κ3) is 3.87. The summed E-state index contributed by atoms with van der Waals surface area (Å²) >= 11 is 6.99. The van der Waals surface area contributed by atoms with Gasteiger partial charge in [-0.15, -0.1) is 11.3 Å². The van der Waals surface area contributed by atoms with Crippen LogP contribution in [0.5, 0.6) is 0 Å². The van der Waals surface area contributed by atoms with Gasteiger partial charge in [-0.25, -0.2) is 4.79 Å². The van der Waals surface area contributed by atoms with Gasteiger partial charge in [-0.1, -0.05) is 30.7 Å². The molecular weight excluding hydrogens is 322 g/mol. The van der Waals surface area contributed by atoms with Gasteiger partial charge in [-0.3, -0.25) is 4.79 Å². The molecule has 1 atom stereocenters. The predicted molar refractivity (Wildman–Crippen MR) is 87.6 cm³/mol. The van der Waals surface area contributed by atoms with Crippen molar-refractivity contribution in [3.8, 4) is 0 Å². The zero-order valence-corrected chi connectivity index (χ0v) is 13.8. The summed E-state index contributed by atoms with van der Waals surface area (Å²) in [5.41, 5.74) is 0.991. The van der Waals surface area contributed by atoms with Crippen LogP contribution in [0.4, 0.5) is 0 Å². The van der Waals surface area contributed by atoms with Crippen LogP contribution >= 0.6 is 22.9 Å². The third-order valence-electron chi connectivity index (χ3n) is 3.20. The van der Waals surface area contributed by atoms with E-state index < -0.39 is 5.97 Å². The minimum Gasteiger partial charge on any atom is -0.465 e. The standard InChI is InChI=1S/C16H16ClNO3S/c1-3-12(10-4-6-11(17)7-5-10)18-15(19)13-8-9-14(22-13)16(20)21-2/h4-9,12H,3H2,1-2H3,(H,18,19). The largest absolute Gasteiger partial charge is 0.465 e. The molecule has 1 N–H and O–H groups in total. The molecule has 1 heterocycles. The summed E-state index contributed by atoms with van der Waals surface area (Å²) in [6.45, 7) is 1.99. The maximum atomic E-state index is 12.3. The van der Waals surface area contributed by atoms with E-state index in [0.717, 1.165) is 23.3 Å². The van der Waals surface area contributed by atoms with E-state index in [1.165, 1.54) is 7.11 Å². The second-order valence-corrected chi connectivity index (χ2v) is 6.16. The molecule has 0 spiro atoms. The highest BCUT2D eigenvalue weighted by molar-refractivity contribution is 7.15. The number of thiophene rings is 1. The molecule has 0 saturated carbocycles. The number of rotatable bonds is 5. The number of nitrogens with one attached hydrogen (secondary N) is 1. The van der Waals surface area contributed by atoms with E-state index in [9.17, 15) is 9.59 Å². The van der Waals surface area contributed by atoms with E-state index in [1.807, 2.05) is 19.1 Å². The number of amides is 1. The van der Waals surface area contributed by atoms with Crippen molar-refractivity contribution in [3.05, 3.63) is 56.7 Å². The van der Waals surface area contributed by atoms with Crippen molar-refractivity contribution in [1.82, 2.24) is 5.32 Å². The average molecular weight is 338 g/mol. The number of carbonyl (C=O) groups excluding carboxylic acids is 2. The highest BCUT2D eigenvalue weighted by Crippen LogP contribution is 2.22. The fraction of sp³-hybridized carbons (Fsp3) is 0.250. The Morgan fingerprint density at radius 2 is 1.82 bits per heavy atom. The Bertz CT molecular complexity index is 666. The zero-order chi connectivity index (χ0) is 16.1. The van der Waals surface area contributed by atoms with Gasteiger partial charge in [0.05, 0.1) is 18.0 Å². The Balaban J connectivity index is 2.10. The van der Waals surface area contributed by atoms with Crippen LogP contribution in [0.1, 0.15) is 44.3 Å². The van der Waals surface area contributed by atoms with Crippen molar-refractivity contribution in [3.63, 3.8) is 0 Å². The maximum Gasteiger partial charge on any atom is 0.348 e. The molecule has 0 radical (unpaired) electrons. The van der Waals surface area contributed by atoms with Gasteiger partial charge in [0.25, 0.3) is 5.91 Å². The number of carbonyl (C=O) groups is 2. The summed E-state index contributed by atoms with van der Waals surface area (Å²) in [5.74, 6) is -0.643. The summed E-state index contributed by atoms with van der Waals surface area (Å²) in [5, 5.41) is 3.62. The van der Waals surface area contributed by atoms with E-state index in [-0.39, 0.29) is 11.9 Å². The van der Waals surface area contributed by atoms with Crippen molar-refractivity contribution in [1.29, 1.82) is 0 Å². The Kier molecular flexibility index (Phi) is 5.57. The molecule has 1 unspecified atom stereocenters. The van der Waals surface area contributed by atoms with Gasteiger partial charge in [0, 0.05) is 5.02 Å². The number of halogens is 1. The molecule has 0 saturated heterocycles. The quantitative estimate of drug-likeness (QED) is 0.837. The molecule has 0 bridgehead atoms. The predicted octanol–water partition coefficient (Wildman–Crippen LogP) is 4.07. The highest BCUT2D eigenvalue weighted by Gasteiger charge is 2.17. The first kappa shape index (κ1) is 16.5. The Labute approximate surface area is 138 Å². The lowest BCUT2D eigenvalue weighted by molar-refractivity contribution is 0.0606. The van der Waals surface area contributed by atoms with Crippen LogP contribution in [0.2, 0.25) is 5.02 Å². The van der Waals surface area contributed by atoms with Crippen LogP contribution in [0.25, 0.3) is 0 Å². The molecule has 2 rings (SSSR count). The molecule has 1 aromatic carbocycles. The molecule has 0 fully saturated rings. The molecule has 1 aromatic heterocycles. The summed E-state index contributed by atoms with van der Waals surface area (Å²) < 4.78 is 4.64. The molecule has 0 aliphatic heterocycles. The number of benzene rings is 1. The van der Waals surface area contributed by atoms with Crippen molar-refractivity contribution >= 4 is 34.8 Å². The van der Waals surface area contributed by atoms with Gasteiger partial charge >= 0.3 is 5.97 Å². The molecule has 116 valence electrons. The average Bonchev–Trinajstić information content (AvgIpc) is 3.02. The lowest BCUT2D eigenvalue weighted by Gasteiger charge is -2.17. The molecule has 4 nitrogen and oxygen atoms in total. The van der Waals surface area contributed by atoms with E-state index in [1.54, 1.807) is 24.3 Å². The third-order valence-corrected chi connectivity index (χ3v) is 4.52. The second kappa shape index (κ2) is 7.42. The number of hydrogen-bond donors (Lipinski definition) is 1. The van der Waals surface area contributed by atoms with Gasteiger partial charge in [0.1, 0.15) is 4.88 Å². The zero-order valence-electron chi connectivity index (χ0n) is 12.3. The summed E-state index contributed by atoms with van der Waals surface area (Å²) in [4.78, 5) is 24.6. The van der Waals surface area contributed by atoms with E-state index >= 15 is 0 Å². The van der Waals surface area contributed by atoms with Crippen LogP contribution in [-0.4, -0.2) is 19.0 Å².